The normalized spacial score (nSPS) is 39.3. The lowest BCUT2D eigenvalue weighted by atomic mass is 9.82. The average molecular weight is 179 g/mol. The van der Waals surface area contributed by atoms with Crippen molar-refractivity contribution in [2.45, 2.75) is 44.6 Å². The van der Waals surface area contributed by atoms with E-state index in [2.05, 4.69) is 6.58 Å². The summed E-state index contributed by atoms with van der Waals surface area (Å²) in [5, 5.41) is 0. The predicted molar refractivity (Wildman–Crippen MR) is 56.3 cm³/mol. The van der Waals surface area contributed by atoms with Gasteiger partial charge in [-0.3, -0.25) is 0 Å². The second-order valence-corrected chi connectivity index (χ2v) is 4.87. The quantitative estimate of drug-likeness (QED) is 0.660. The molecule has 0 amide bonds. The fraction of sp³-hybridized carbons (Fsp3) is 0.833. The molecule has 0 aromatic heterocycles. The Morgan fingerprint density at radius 2 is 2.23 bits per heavy atom. The second-order valence-electron chi connectivity index (χ2n) is 4.87. The van der Waals surface area contributed by atoms with E-state index in [1.807, 2.05) is 6.08 Å². The van der Waals surface area contributed by atoms with Crippen molar-refractivity contribution in [1.29, 1.82) is 0 Å². The van der Waals surface area contributed by atoms with E-state index in [4.69, 9.17) is 5.73 Å². The first kappa shape index (κ1) is 9.26. The van der Waals surface area contributed by atoms with E-state index in [-0.39, 0.29) is 0 Å². The first-order valence-electron chi connectivity index (χ1n) is 5.67. The van der Waals surface area contributed by atoms with Crippen LogP contribution in [0.2, 0.25) is 0 Å². The van der Waals surface area contributed by atoms with Crippen LogP contribution in [0.1, 0.15) is 38.5 Å². The summed E-state index contributed by atoms with van der Waals surface area (Å²) in [7, 11) is 0. The molecule has 74 valence electrons. The van der Waals surface area contributed by atoms with Gasteiger partial charge in [-0.2, -0.15) is 0 Å². The number of hydrogen-bond donors (Lipinski definition) is 1. The highest BCUT2D eigenvalue weighted by Gasteiger charge is 2.41. The van der Waals surface area contributed by atoms with Crippen LogP contribution in [0, 0.1) is 17.8 Å². The van der Waals surface area contributed by atoms with E-state index in [0.717, 1.165) is 30.6 Å². The number of hydrogen-bond acceptors (Lipinski definition) is 1. The lowest BCUT2D eigenvalue weighted by molar-refractivity contribution is 0.273. The molecule has 2 saturated carbocycles. The van der Waals surface area contributed by atoms with Gasteiger partial charge >= 0.3 is 0 Å². The monoisotopic (exact) mass is 179 g/mol. The molecular formula is C12H21N. The zero-order chi connectivity index (χ0) is 9.26. The zero-order valence-corrected chi connectivity index (χ0v) is 8.41. The molecule has 2 N–H and O–H groups in total. The van der Waals surface area contributed by atoms with Gasteiger partial charge in [0.2, 0.25) is 0 Å². The largest absolute Gasteiger partial charge is 0.327 e. The Balaban J connectivity index is 1.83. The van der Waals surface area contributed by atoms with E-state index in [1.165, 1.54) is 25.7 Å². The van der Waals surface area contributed by atoms with Crippen LogP contribution in [0.15, 0.2) is 12.7 Å². The first-order chi connectivity index (χ1) is 6.31. The van der Waals surface area contributed by atoms with E-state index in [0.29, 0.717) is 6.04 Å². The Bertz CT molecular complexity index is 188. The third-order valence-electron chi connectivity index (χ3n) is 4.05. The van der Waals surface area contributed by atoms with Crippen LogP contribution in [-0.2, 0) is 0 Å². The van der Waals surface area contributed by atoms with Crippen molar-refractivity contribution in [2.75, 3.05) is 0 Å². The van der Waals surface area contributed by atoms with Crippen molar-refractivity contribution in [3.8, 4) is 0 Å². The lowest BCUT2D eigenvalue weighted by Gasteiger charge is -2.27. The molecule has 2 bridgehead atoms. The zero-order valence-electron chi connectivity index (χ0n) is 8.41. The van der Waals surface area contributed by atoms with Crippen LogP contribution < -0.4 is 5.73 Å². The summed E-state index contributed by atoms with van der Waals surface area (Å²) in [6, 6.07) is 0.452. The summed E-state index contributed by atoms with van der Waals surface area (Å²) in [5.41, 5.74) is 6.20. The van der Waals surface area contributed by atoms with Crippen LogP contribution in [0.4, 0.5) is 0 Å². The summed E-state index contributed by atoms with van der Waals surface area (Å²) in [4.78, 5) is 0. The van der Waals surface area contributed by atoms with E-state index in [9.17, 15) is 0 Å². The van der Waals surface area contributed by atoms with E-state index >= 15 is 0 Å². The van der Waals surface area contributed by atoms with Crippen LogP contribution in [-0.4, -0.2) is 6.04 Å². The maximum absolute atomic E-state index is 6.20. The maximum Gasteiger partial charge on any atom is 0.00728 e. The second kappa shape index (κ2) is 3.83. The van der Waals surface area contributed by atoms with Gasteiger partial charge in [0.1, 0.15) is 0 Å². The van der Waals surface area contributed by atoms with Crippen molar-refractivity contribution in [1.82, 2.24) is 0 Å². The van der Waals surface area contributed by atoms with Gasteiger partial charge < -0.3 is 5.73 Å². The minimum Gasteiger partial charge on any atom is -0.327 e. The fourth-order valence-corrected chi connectivity index (χ4v) is 3.34. The molecule has 2 aliphatic carbocycles. The molecule has 0 spiro atoms. The fourth-order valence-electron chi connectivity index (χ4n) is 3.34. The molecule has 0 radical (unpaired) electrons. The molecule has 0 saturated heterocycles. The Labute approximate surface area is 81.4 Å². The third kappa shape index (κ3) is 1.80. The summed E-state index contributed by atoms with van der Waals surface area (Å²) in [6.07, 6.45) is 10.1. The van der Waals surface area contributed by atoms with E-state index < -0.39 is 0 Å². The van der Waals surface area contributed by atoms with Gasteiger partial charge in [0.15, 0.2) is 0 Å². The van der Waals surface area contributed by atoms with Crippen LogP contribution in [0.25, 0.3) is 0 Å². The highest BCUT2D eigenvalue weighted by Crippen LogP contribution is 2.49. The number of nitrogens with two attached hydrogens (primary N) is 1. The molecule has 0 aromatic rings. The van der Waals surface area contributed by atoms with Crippen molar-refractivity contribution in [3.63, 3.8) is 0 Å². The van der Waals surface area contributed by atoms with Gasteiger partial charge in [-0.15, -0.1) is 6.58 Å². The summed E-state index contributed by atoms with van der Waals surface area (Å²) >= 11 is 0. The molecular weight excluding hydrogens is 158 g/mol. The van der Waals surface area contributed by atoms with Crippen LogP contribution in [0.3, 0.4) is 0 Å². The molecule has 4 unspecified atom stereocenters. The predicted octanol–water partition coefficient (Wildman–Crippen LogP) is 2.72. The van der Waals surface area contributed by atoms with Crippen molar-refractivity contribution in [3.05, 3.63) is 12.7 Å². The molecule has 1 nitrogen and oxygen atoms in total. The van der Waals surface area contributed by atoms with Gasteiger partial charge in [0.25, 0.3) is 0 Å². The van der Waals surface area contributed by atoms with Gasteiger partial charge in [0, 0.05) is 6.04 Å². The van der Waals surface area contributed by atoms with Gasteiger partial charge in [0.05, 0.1) is 0 Å². The molecule has 4 atom stereocenters. The Hall–Kier alpha value is -0.300. The van der Waals surface area contributed by atoms with Gasteiger partial charge in [-0.05, 0) is 49.9 Å². The van der Waals surface area contributed by atoms with Crippen LogP contribution in [0.5, 0.6) is 0 Å². The van der Waals surface area contributed by atoms with E-state index in [1.54, 1.807) is 0 Å². The molecule has 2 rings (SSSR count). The minimum absolute atomic E-state index is 0.452. The Morgan fingerprint density at radius 1 is 1.38 bits per heavy atom. The first-order valence-corrected chi connectivity index (χ1v) is 5.67. The highest BCUT2D eigenvalue weighted by atomic mass is 14.7. The summed E-state index contributed by atoms with van der Waals surface area (Å²) < 4.78 is 0. The molecule has 1 heteroatoms. The molecule has 13 heavy (non-hydrogen) atoms. The Kier molecular flexibility index (Phi) is 2.73. The summed E-state index contributed by atoms with van der Waals surface area (Å²) in [5.74, 6) is 2.85. The smallest absolute Gasteiger partial charge is 0.00728 e. The summed E-state index contributed by atoms with van der Waals surface area (Å²) in [6.45, 7) is 3.75. The van der Waals surface area contributed by atoms with Crippen LogP contribution >= 0.6 is 0 Å². The van der Waals surface area contributed by atoms with Crippen molar-refractivity contribution >= 4 is 0 Å². The molecule has 2 fully saturated rings. The number of rotatable bonds is 4. The minimum atomic E-state index is 0.452. The van der Waals surface area contributed by atoms with Crippen molar-refractivity contribution in [2.24, 2.45) is 23.5 Å². The average Bonchev–Trinajstić information content (AvgIpc) is 2.74. The Morgan fingerprint density at radius 3 is 2.77 bits per heavy atom. The topological polar surface area (TPSA) is 26.0 Å². The lowest BCUT2D eigenvalue weighted by Crippen LogP contribution is -2.33. The maximum atomic E-state index is 6.20. The van der Waals surface area contributed by atoms with Gasteiger partial charge in [-0.25, -0.2) is 0 Å². The molecule has 0 aliphatic heterocycles. The SMILES string of the molecule is C=CCCC(N)C1CC2CCC1C2. The number of fused-ring (bicyclic) bond motifs is 2. The van der Waals surface area contributed by atoms with Gasteiger partial charge in [-0.1, -0.05) is 12.5 Å². The molecule has 2 aliphatic rings. The highest BCUT2D eigenvalue weighted by molar-refractivity contribution is 4.94. The van der Waals surface area contributed by atoms with Crippen molar-refractivity contribution < 1.29 is 0 Å². The standard InChI is InChI=1S/C12H21N/c1-2-3-4-12(13)11-8-9-5-6-10(11)7-9/h2,9-12H,1,3-8,13H2. The third-order valence-corrected chi connectivity index (χ3v) is 4.05. The molecule has 0 heterocycles. The number of allylic oxidation sites excluding steroid dienone is 1. The molecule has 0 aromatic carbocycles.